The topological polar surface area (TPSA) is 44.5 Å². The zero-order valence-corrected chi connectivity index (χ0v) is 9.95. The maximum absolute atomic E-state index is 5.77. The minimum atomic E-state index is 0.453. The van der Waals surface area contributed by atoms with Crippen LogP contribution < -0.4 is 11.1 Å². The molecule has 0 radical (unpaired) electrons. The number of rotatable bonds is 3. The average molecular weight is 212 g/mol. The van der Waals surface area contributed by atoms with Crippen LogP contribution in [0.3, 0.4) is 0 Å². The van der Waals surface area contributed by atoms with Crippen molar-refractivity contribution in [2.45, 2.75) is 31.0 Å². The van der Waals surface area contributed by atoms with Crippen LogP contribution in [0.5, 0.6) is 0 Å². The number of nitrogens with one attached hydrogen (secondary N) is 1. The van der Waals surface area contributed by atoms with Gasteiger partial charge in [-0.25, -0.2) is 0 Å². The highest BCUT2D eigenvalue weighted by Crippen LogP contribution is 2.17. The molecule has 0 bridgehead atoms. The lowest BCUT2D eigenvalue weighted by Crippen LogP contribution is -2.57. The summed E-state index contributed by atoms with van der Waals surface area (Å²) in [4.78, 5) is 4.88. The Morgan fingerprint density at radius 1 is 1.27 bits per heavy atom. The Morgan fingerprint density at radius 3 is 2.67 bits per heavy atom. The monoisotopic (exact) mass is 212 g/mol. The molecule has 0 aromatic heterocycles. The molecule has 0 amide bonds. The van der Waals surface area contributed by atoms with Crippen LogP contribution in [0.2, 0.25) is 0 Å². The van der Waals surface area contributed by atoms with Gasteiger partial charge in [0.1, 0.15) is 0 Å². The van der Waals surface area contributed by atoms with E-state index in [1.54, 1.807) is 0 Å². The zero-order valence-electron chi connectivity index (χ0n) is 9.95. The number of hydrogen-bond donors (Lipinski definition) is 2. The fraction of sp³-hybridized carbons (Fsp3) is 1.00. The van der Waals surface area contributed by atoms with E-state index in [-0.39, 0.29) is 0 Å². The van der Waals surface area contributed by atoms with Crippen LogP contribution in [-0.2, 0) is 0 Å². The standard InChI is InChI=1S/C11H24N4/c1-14-3-4-15(2)11(8-14)7-13-10-5-9(12)6-10/h9-11,13H,3-8,12H2,1-2H3. The molecule has 0 spiro atoms. The largest absolute Gasteiger partial charge is 0.328 e. The first-order chi connectivity index (χ1) is 7.15. The molecule has 1 saturated heterocycles. The Bertz CT molecular complexity index is 203. The summed E-state index contributed by atoms with van der Waals surface area (Å²) < 4.78 is 0. The van der Waals surface area contributed by atoms with Crippen LogP contribution >= 0.6 is 0 Å². The van der Waals surface area contributed by atoms with Crippen LogP contribution in [0.4, 0.5) is 0 Å². The Labute approximate surface area is 92.8 Å². The summed E-state index contributed by atoms with van der Waals surface area (Å²) in [7, 11) is 4.44. The predicted molar refractivity (Wildman–Crippen MR) is 62.9 cm³/mol. The molecule has 4 heteroatoms. The van der Waals surface area contributed by atoms with Crippen LogP contribution in [0.1, 0.15) is 12.8 Å². The van der Waals surface area contributed by atoms with Gasteiger partial charge in [0.15, 0.2) is 0 Å². The quantitative estimate of drug-likeness (QED) is 0.650. The Kier molecular flexibility index (Phi) is 3.61. The van der Waals surface area contributed by atoms with Crippen LogP contribution in [-0.4, -0.2) is 68.2 Å². The maximum Gasteiger partial charge on any atom is 0.0345 e. The van der Waals surface area contributed by atoms with Gasteiger partial charge in [-0.05, 0) is 26.9 Å². The molecule has 1 aliphatic heterocycles. The fourth-order valence-electron chi connectivity index (χ4n) is 2.45. The molecule has 0 aromatic carbocycles. The number of nitrogens with zero attached hydrogens (tertiary/aromatic N) is 2. The van der Waals surface area contributed by atoms with E-state index < -0.39 is 0 Å². The Balaban J connectivity index is 1.68. The fourth-order valence-corrected chi connectivity index (χ4v) is 2.45. The van der Waals surface area contributed by atoms with E-state index in [2.05, 4.69) is 29.2 Å². The van der Waals surface area contributed by atoms with Gasteiger partial charge in [-0.2, -0.15) is 0 Å². The summed E-state index contributed by atoms with van der Waals surface area (Å²) in [6.07, 6.45) is 2.32. The van der Waals surface area contributed by atoms with Gasteiger partial charge in [0.25, 0.3) is 0 Å². The summed E-state index contributed by atoms with van der Waals surface area (Å²) in [5.74, 6) is 0. The van der Waals surface area contributed by atoms with Gasteiger partial charge in [0.05, 0.1) is 0 Å². The van der Waals surface area contributed by atoms with E-state index in [9.17, 15) is 0 Å². The molecule has 1 unspecified atom stereocenters. The molecule has 0 aromatic rings. The number of likely N-dealkylation sites (N-methyl/N-ethyl adjacent to an activating group) is 2. The molecule has 88 valence electrons. The Morgan fingerprint density at radius 2 is 2.00 bits per heavy atom. The molecule has 3 N–H and O–H groups in total. The van der Waals surface area contributed by atoms with Crippen molar-refractivity contribution in [3.05, 3.63) is 0 Å². The van der Waals surface area contributed by atoms with Gasteiger partial charge in [-0.15, -0.1) is 0 Å². The molecule has 2 aliphatic rings. The third-order valence-electron chi connectivity index (χ3n) is 3.80. The predicted octanol–water partition coefficient (Wildman–Crippen LogP) is -0.688. The second-order valence-electron chi connectivity index (χ2n) is 5.23. The van der Waals surface area contributed by atoms with Crippen molar-refractivity contribution in [1.29, 1.82) is 0 Å². The molecular weight excluding hydrogens is 188 g/mol. The minimum absolute atomic E-state index is 0.453. The van der Waals surface area contributed by atoms with Crippen molar-refractivity contribution in [2.24, 2.45) is 5.73 Å². The molecule has 1 atom stereocenters. The van der Waals surface area contributed by atoms with Crippen molar-refractivity contribution in [3.63, 3.8) is 0 Å². The highest BCUT2D eigenvalue weighted by Gasteiger charge is 2.28. The van der Waals surface area contributed by atoms with E-state index in [1.807, 2.05) is 0 Å². The van der Waals surface area contributed by atoms with Crippen molar-refractivity contribution in [2.75, 3.05) is 40.3 Å². The molecule has 1 saturated carbocycles. The summed E-state index contributed by atoms with van der Waals surface area (Å²) in [6, 6.07) is 1.80. The van der Waals surface area contributed by atoms with E-state index in [4.69, 9.17) is 5.73 Å². The molecule has 1 heterocycles. The third-order valence-corrected chi connectivity index (χ3v) is 3.80. The first kappa shape index (κ1) is 11.3. The average Bonchev–Trinajstić information content (AvgIpc) is 2.16. The SMILES string of the molecule is CN1CCN(C)C(CNC2CC(N)C2)C1. The van der Waals surface area contributed by atoms with E-state index in [0.29, 0.717) is 18.1 Å². The number of piperazine rings is 1. The second-order valence-corrected chi connectivity index (χ2v) is 5.23. The second kappa shape index (κ2) is 4.78. The molecule has 1 aliphatic carbocycles. The van der Waals surface area contributed by atoms with Crippen molar-refractivity contribution in [1.82, 2.24) is 15.1 Å². The minimum Gasteiger partial charge on any atom is -0.328 e. The summed E-state index contributed by atoms with van der Waals surface area (Å²) in [6.45, 7) is 4.68. The summed E-state index contributed by atoms with van der Waals surface area (Å²) >= 11 is 0. The van der Waals surface area contributed by atoms with Gasteiger partial charge in [-0.3, -0.25) is 4.90 Å². The van der Waals surface area contributed by atoms with Gasteiger partial charge in [0.2, 0.25) is 0 Å². The lowest BCUT2D eigenvalue weighted by molar-refractivity contribution is 0.107. The first-order valence-electron chi connectivity index (χ1n) is 6.03. The molecule has 2 rings (SSSR count). The summed E-state index contributed by atoms with van der Waals surface area (Å²) in [5.41, 5.74) is 5.77. The highest BCUT2D eigenvalue weighted by atomic mass is 15.3. The normalized spacial score (nSPS) is 39.0. The molecule has 2 fully saturated rings. The Hall–Kier alpha value is -0.160. The van der Waals surface area contributed by atoms with E-state index >= 15 is 0 Å². The van der Waals surface area contributed by atoms with Gasteiger partial charge < -0.3 is 16.0 Å². The van der Waals surface area contributed by atoms with Crippen molar-refractivity contribution >= 4 is 0 Å². The number of hydrogen-bond acceptors (Lipinski definition) is 4. The van der Waals surface area contributed by atoms with Gasteiger partial charge in [0, 0.05) is 44.3 Å². The molecular formula is C11H24N4. The smallest absolute Gasteiger partial charge is 0.0345 e. The van der Waals surface area contributed by atoms with Crippen LogP contribution in [0.25, 0.3) is 0 Å². The van der Waals surface area contributed by atoms with Crippen molar-refractivity contribution in [3.8, 4) is 0 Å². The molecule has 4 nitrogen and oxygen atoms in total. The lowest BCUT2D eigenvalue weighted by Gasteiger charge is -2.40. The summed E-state index contributed by atoms with van der Waals surface area (Å²) in [5, 5.41) is 3.62. The lowest BCUT2D eigenvalue weighted by atomic mass is 9.87. The first-order valence-corrected chi connectivity index (χ1v) is 6.03. The van der Waals surface area contributed by atoms with Gasteiger partial charge >= 0.3 is 0 Å². The van der Waals surface area contributed by atoms with Crippen LogP contribution in [0.15, 0.2) is 0 Å². The molecule has 15 heavy (non-hydrogen) atoms. The number of nitrogens with two attached hydrogens (primary N) is 1. The van der Waals surface area contributed by atoms with Gasteiger partial charge in [-0.1, -0.05) is 0 Å². The zero-order chi connectivity index (χ0) is 10.8. The van der Waals surface area contributed by atoms with E-state index in [1.165, 1.54) is 19.6 Å². The highest BCUT2D eigenvalue weighted by molar-refractivity contribution is 4.90. The maximum atomic E-state index is 5.77. The van der Waals surface area contributed by atoms with Crippen molar-refractivity contribution < 1.29 is 0 Å². The van der Waals surface area contributed by atoms with Crippen LogP contribution in [0, 0.1) is 0 Å². The van der Waals surface area contributed by atoms with E-state index in [0.717, 1.165) is 19.4 Å². The third kappa shape index (κ3) is 2.91.